The molecule has 7 nitrogen and oxygen atoms in total. The summed E-state index contributed by atoms with van der Waals surface area (Å²) in [6, 6.07) is 10.2. The molecule has 0 radical (unpaired) electrons. The lowest BCUT2D eigenvalue weighted by molar-refractivity contribution is -0.130. The first-order valence-electron chi connectivity index (χ1n) is 8.70. The van der Waals surface area contributed by atoms with Gasteiger partial charge in [0.2, 0.25) is 5.91 Å². The second-order valence-electron chi connectivity index (χ2n) is 6.71. The average Bonchev–Trinajstić information content (AvgIpc) is 3.31. The maximum Gasteiger partial charge on any atom is 0.224 e. The summed E-state index contributed by atoms with van der Waals surface area (Å²) in [7, 11) is 0. The van der Waals surface area contributed by atoms with Gasteiger partial charge in [0.1, 0.15) is 5.52 Å². The lowest BCUT2D eigenvalue weighted by atomic mass is 10.2. The number of amides is 1. The van der Waals surface area contributed by atoms with Gasteiger partial charge in [-0.05, 0) is 38.5 Å². The summed E-state index contributed by atoms with van der Waals surface area (Å²) in [4.78, 5) is 14.5. The van der Waals surface area contributed by atoms with Gasteiger partial charge < -0.3 is 4.90 Å². The standard InChI is InChI=1S/C18H22N6O/c1-13-11-14(2)24(20-13)15-7-9-22(12-15)18(25)8-10-23-17-6-4-3-5-16(17)19-21-23/h3-6,11,15H,7-10,12H2,1-2H3. The molecular weight excluding hydrogens is 316 g/mol. The minimum Gasteiger partial charge on any atom is -0.340 e. The van der Waals surface area contributed by atoms with E-state index in [1.165, 1.54) is 0 Å². The van der Waals surface area contributed by atoms with Crippen molar-refractivity contribution in [2.45, 2.75) is 39.3 Å². The molecule has 7 heteroatoms. The number of aryl methyl sites for hydroxylation is 3. The molecular formula is C18H22N6O. The Morgan fingerprint density at radius 3 is 2.92 bits per heavy atom. The fourth-order valence-electron chi connectivity index (χ4n) is 3.63. The Hall–Kier alpha value is -2.70. The van der Waals surface area contributed by atoms with E-state index < -0.39 is 0 Å². The van der Waals surface area contributed by atoms with Gasteiger partial charge in [-0.25, -0.2) is 4.68 Å². The van der Waals surface area contributed by atoms with E-state index in [-0.39, 0.29) is 11.9 Å². The molecule has 3 aromatic rings. The molecule has 1 unspecified atom stereocenters. The maximum atomic E-state index is 12.6. The number of hydrogen-bond acceptors (Lipinski definition) is 4. The number of carbonyl (C=O) groups is 1. The van der Waals surface area contributed by atoms with E-state index >= 15 is 0 Å². The molecule has 2 aromatic heterocycles. The molecule has 0 spiro atoms. The van der Waals surface area contributed by atoms with Crippen molar-refractivity contribution < 1.29 is 4.79 Å². The van der Waals surface area contributed by atoms with Crippen LogP contribution in [0.5, 0.6) is 0 Å². The Morgan fingerprint density at radius 1 is 1.28 bits per heavy atom. The Morgan fingerprint density at radius 2 is 2.12 bits per heavy atom. The molecule has 1 atom stereocenters. The number of para-hydroxylation sites is 1. The zero-order valence-electron chi connectivity index (χ0n) is 14.6. The molecule has 4 rings (SSSR count). The lowest BCUT2D eigenvalue weighted by Gasteiger charge is -2.17. The highest BCUT2D eigenvalue weighted by atomic mass is 16.2. The summed E-state index contributed by atoms with van der Waals surface area (Å²) < 4.78 is 3.87. The van der Waals surface area contributed by atoms with Crippen LogP contribution in [-0.2, 0) is 11.3 Å². The molecule has 1 saturated heterocycles. The minimum absolute atomic E-state index is 0.170. The Labute approximate surface area is 146 Å². The van der Waals surface area contributed by atoms with Crippen LogP contribution in [0, 0.1) is 13.8 Å². The van der Waals surface area contributed by atoms with Crippen LogP contribution in [0.25, 0.3) is 11.0 Å². The molecule has 0 aliphatic carbocycles. The third-order valence-electron chi connectivity index (χ3n) is 4.86. The molecule has 1 fully saturated rings. The smallest absolute Gasteiger partial charge is 0.224 e. The highest BCUT2D eigenvalue weighted by Crippen LogP contribution is 2.23. The first kappa shape index (κ1) is 15.8. The second kappa shape index (κ2) is 6.31. The van der Waals surface area contributed by atoms with Crippen LogP contribution in [0.2, 0.25) is 0 Å². The highest BCUT2D eigenvalue weighted by molar-refractivity contribution is 5.77. The first-order valence-corrected chi connectivity index (χ1v) is 8.70. The fraction of sp³-hybridized carbons (Fsp3) is 0.444. The van der Waals surface area contributed by atoms with Gasteiger partial charge in [0, 0.05) is 25.2 Å². The zero-order chi connectivity index (χ0) is 17.4. The molecule has 0 bridgehead atoms. The molecule has 1 amide bonds. The molecule has 130 valence electrons. The van der Waals surface area contributed by atoms with Crippen LogP contribution in [0.3, 0.4) is 0 Å². The molecule has 0 saturated carbocycles. The van der Waals surface area contributed by atoms with Crippen LogP contribution in [0.4, 0.5) is 0 Å². The summed E-state index contributed by atoms with van der Waals surface area (Å²) in [5.41, 5.74) is 4.02. The van der Waals surface area contributed by atoms with E-state index in [4.69, 9.17) is 0 Å². The molecule has 1 aliphatic heterocycles. The summed E-state index contributed by atoms with van der Waals surface area (Å²) in [6.07, 6.45) is 1.40. The Balaban J connectivity index is 1.38. The van der Waals surface area contributed by atoms with Gasteiger partial charge in [0.25, 0.3) is 0 Å². The van der Waals surface area contributed by atoms with Crippen molar-refractivity contribution in [2.24, 2.45) is 0 Å². The topological polar surface area (TPSA) is 68.8 Å². The van der Waals surface area contributed by atoms with E-state index in [1.54, 1.807) is 0 Å². The highest BCUT2D eigenvalue weighted by Gasteiger charge is 2.28. The number of fused-ring (bicyclic) bond motifs is 1. The second-order valence-corrected chi connectivity index (χ2v) is 6.71. The van der Waals surface area contributed by atoms with Gasteiger partial charge >= 0.3 is 0 Å². The Kier molecular flexibility index (Phi) is 3.99. The van der Waals surface area contributed by atoms with Crippen LogP contribution >= 0.6 is 0 Å². The average molecular weight is 338 g/mol. The third-order valence-corrected chi connectivity index (χ3v) is 4.86. The molecule has 25 heavy (non-hydrogen) atoms. The summed E-state index contributed by atoms with van der Waals surface area (Å²) in [6.45, 7) is 6.16. The maximum absolute atomic E-state index is 12.6. The molecule has 1 aromatic carbocycles. The fourth-order valence-corrected chi connectivity index (χ4v) is 3.63. The first-order chi connectivity index (χ1) is 12.1. The van der Waals surface area contributed by atoms with Crippen molar-refractivity contribution in [3.05, 3.63) is 41.7 Å². The predicted octanol–water partition coefficient (Wildman–Crippen LogP) is 2.11. The number of carbonyl (C=O) groups excluding carboxylic acids is 1. The number of aromatic nitrogens is 5. The number of rotatable bonds is 4. The van der Waals surface area contributed by atoms with E-state index in [1.807, 2.05) is 40.8 Å². The zero-order valence-corrected chi connectivity index (χ0v) is 14.6. The number of nitrogens with zero attached hydrogens (tertiary/aromatic N) is 6. The van der Waals surface area contributed by atoms with Gasteiger partial charge in [-0.15, -0.1) is 5.10 Å². The molecule has 3 heterocycles. The van der Waals surface area contributed by atoms with Crippen LogP contribution in [0.15, 0.2) is 30.3 Å². The summed E-state index contributed by atoms with van der Waals surface area (Å²) >= 11 is 0. The molecule has 1 aliphatic rings. The van der Waals surface area contributed by atoms with Crippen molar-refractivity contribution in [3.63, 3.8) is 0 Å². The van der Waals surface area contributed by atoms with Crippen molar-refractivity contribution in [3.8, 4) is 0 Å². The normalized spacial score (nSPS) is 17.5. The van der Waals surface area contributed by atoms with Crippen molar-refractivity contribution in [2.75, 3.05) is 13.1 Å². The number of hydrogen-bond donors (Lipinski definition) is 0. The number of likely N-dealkylation sites (tertiary alicyclic amines) is 1. The van der Waals surface area contributed by atoms with Crippen LogP contribution in [0.1, 0.15) is 30.3 Å². The Bertz CT molecular complexity index is 911. The molecule has 0 N–H and O–H groups in total. The van der Waals surface area contributed by atoms with Gasteiger partial charge in [-0.1, -0.05) is 17.3 Å². The van der Waals surface area contributed by atoms with E-state index in [9.17, 15) is 4.79 Å². The largest absolute Gasteiger partial charge is 0.340 e. The summed E-state index contributed by atoms with van der Waals surface area (Å²) in [5, 5.41) is 12.9. The van der Waals surface area contributed by atoms with Crippen molar-refractivity contribution in [1.29, 1.82) is 0 Å². The van der Waals surface area contributed by atoms with E-state index in [0.717, 1.165) is 41.9 Å². The van der Waals surface area contributed by atoms with E-state index in [2.05, 4.69) is 33.1 Å². The van der Waals surface area contributed by atoms with Gasteiger partial charge in [-0.3, -0.25) is 9.48 Å². The van der Waals surface area contributed by atoms with Gasteiger partial charge in [-0.2, -0.15) is 5.10 Å². The predicted molar refractivity (Wildman–Crippen MR) is 94.1 cm³/mol. The third kappa shape index (κ3) is 3.01. The SMILES string of the molecule is Cc1cc(C)n(C2CCN(C(=O)CCn3nnc4ccccc43)C2)n1. The quantitative estimate of drug-likeness (QED) is 0.730. The van der Waals surface area contributed by atoms with Crippen molar-refractivity contribution >= 4 is 16.9 Å². The summed E-state index contributed by atoms with van der Waals surface area (Å²) in [5.74, 6) is 0.170. The number of benzene rings is 1. The van der Waals surface area contributed by atoms with Crippen LogP contribution < -0.4 is 0 Å². The monoisotopic (exact) mass is 338 g/mol. The van der Waals surface area contributed by atoms with Gasteiger partial charge in [0.15, 0.2) is 0 Å². The van der Waals surface area contributed by atoms with Crippen molar-refractivity contribution in [1.82, 2.24) is 29.7 Å². The minimum atomic E-state index is 0.170. The van der Waals surface area contributed by atoms with Gasteiger partial charge in [0.05, 0.1) is 23.8 Å². The lowest BCUT2D eigenvalue weighted by Crippen LogP contribution is -2.30. The van der Waals surface area contributed by atoms with Crippen LogP contribution in [-0.4, -0.2) is 48.7 Å². The van der Waals surface area contributed by atoms with E-state index in [0.29, 0.717) is 13.0 Å².